The van der Waals surface area contributed by atoms with Crippen LogP contribution in [0.2, 0.25) is 0 Å². The monoisotopic (exact) mass is 189 g/mol. The van der Waals surface area contributed by atoms with Gasteiger partial charge in [0.25, 0.3) is 0 Å². The first-order valence-electron chi connectivity index (χ1n) is 5.27. The Bertz CT molecular complexity index is 115. The molecule has 80 valence electrons. The molecule has 0 spiro atoms. The number of unbranched alkanes of at least 4 members (excludes halogenated alkanes) is 1. The van der Waals surface area contributed by atoms with Crippen LogP contribution in [0.5, 0.6) is 0 Å². The molecule has 0 bridgehead atoms. The molecule has 3 heteroatoms. The Balaban J connectivity index is 3.83. The summed E-state index contributed by atoms with van der Waals surface area (Å²) in [6.07, 6.45) is 1.43. The second-order valence-electron chi connectivity index (χ2n) is 3.34. The van der Waals surface area contributed by atoms with Crippen molar-refractivity contribution >= 4 is 0 Å². The van der Waals surface area contributed by atoms with Crippen LogP contribution in [-0.2, 0) is 0 Å². The van der Waals surface area contributed by atoms with Crippen LogP contribution in [-0.4, -0.2) is 40.5 Å². The van der Waals surface area contributed by atoms with Crippen molar-refractivity contribution in [2.24, 2.45) is 0 Å². The minimum Gasteiger partial charge on any atom is -0.389 e. The maximum Gasteiger partial charge on any atom is 0.133 e. The lowest BCUT2D eigenvalue weighted by Crippen LogP contribution is -2.43. The van der Waals surface area contributed by atoms with Crippen molar-refractivity contribution in [3.05, 3.63) is 0 Å². The molecular formula is C10H23NO2. The Morgan fingerprint density at radius 3 is 2.00 bits per heavy atom. The van der Waals surface area contributed by atoms with Crippen LogP contribution in [0.25, 0.3) is 0 Å². The van der Waals surface area contributed by atoms with Crippen molar-refractivity contribution in [1.82, 2.24) is 4.90 Å². The zero-order valence-electron chi connectivity index (χ0n) is 9.03. The van der Waals surface area contributed by atoms with Crippen LogP contribution in [0.3, 0.4) is 0 Å². The summed E-state index contributed by atoms with van der Waals surface area (Å²) in [4.78, 5) is 1.86. The third-order valence-corrected chi connectivity index (χ3v) is 2.38. The minimum absolute atomic E-state index is 0.597. The van der Waals surface area contributed by atoms with E-state index < -0.39 is 12.3 Å². The second-order valence-corrected chi connectivity index (χ2v) is 3.34. The van der Waals surface area contributed by atoms with Crippen LogP contribution in [0.15, 0.2) is 0 Å². The van der Waals surface area contributed by atoms with Crippen molar-refractivity contribution in [2.75, 3.05) is 13.1 Å². The summed E-state index contributed by atoms with van der Waals surface area (Å²) in [6, 6.07) is 0. The van der Waals surface area contributed by atoms with Crippen LogP contribution >= 0.6 is 0 Å². The van der Waals surface area contributed by atoms with Gasteiger partial charge >= 0.3 is 0 Å². The lowest BCUT2D eigenvalue weighted by molar-refractivity contribution is -0.0822. The first kappa shape index (κ1) is 12.9. The molecule has 0 heterocycles. The first-order valence-corrected chi connectivity index (χ1v) is 5.27. The van der Waals surface area contributed by atoms with Crippen LogP contribution in [0.1, 0.15) is 40.0 Å². The fourth-order valence-electron chi connectivity index (χ4n) is 1.40. The number of hydrogen-bond donors (Lipinski definition) is 2. The normalized spacial score (nSPS) is 16.2. The van der Waals surface area contributed by atoms with Crippen LogP contribution < -0.4 is 0 Å². The van der Waals surface area contributed by atoms with Crippen LogP contribution in [0, 0.1) is 0 Å². The Kier molecular flexibility index (Phi) is 7.23. The van der Waals surface area contributed by atoms with Gasteiger partial charge in [0.15, 0.2) is 0 Å². The molecule has 0 radical (unpaired) electrons. The summed E-state index contributed by atoms with van der Waals surface area (Å²) >= 11 is 0. The number of nitrogens with zero attached hydrogens (tertiary/aromatic N) is 1. The van der Waals surface area contributed by atoms with Gasteiger partial charge in [-0.2, -0.15) is 0 Å². The maximum atomic E-state index is 9.68. The molecule has 0 saturated carbocycles. The highest BCUT2D eigenvalue weighted by atomic mass is 16.3. The number of hydrogen-bond acceptors (Lipinski definition) is 3. The molecule has 0 aromatic heterocycles. The number of likely N-dealkylation sites (N-methyl/N-ethyl adjacent to an activating group) is 1. The first-order chi connectivity index (χ1) is 6.17. The Labute approximate surface area is 81.4 Å². The molecule has 0 aromatic rings. The predicted octanol–water partition coefficient (Wildman–Crippen LogP) is 1.20. The van der Waals surface area contributed by atoms with E-state index in [1.54, 1.807) is 0 Å². The molecule has 0 aliphatic rings. The standard InChI is InChI=1S/C10H23NO2/c1-4-7-8-9(12)10(13)11(5-2)6-3/h9-10,12-13H,4-8H2,1-3H3. The summed E-state index contributed by atoms with van der Waals surface area (Å²) in [5.74, 6) is 0. The maximum absolute atomic E-state index is 9.68. The second kappa shape index (κ2) is 7.30. The van der Waals surface area contributed by atoms with Crippen molar-refractivity contribution < 1.29 is 10.2 Å². The number of rotatable bonds is 7. The summed E-state index contributed by atoms with van der Waals surface area (Å²) in [6.45, 7) is 7.61. The molecule has 2 atom stereocenters. The predicted molar refractivity (Wildman–Crippen MR) is 54.5 cm³/mol. The quantitative estimate of drug-likeness (QED) is 0.591. The highest BCUT2D eigenvalue weighted by Crippen LogP contribution is 2.08. The molecule has 2 unspecified atom stereocenters. The van der Waals surface area contributed by atoms with E-state index >= 15 is 0 Å². The summed E-state index contributed by atoms with van der Waals surface area (Å²) in [5, 5.41) is 19.3. The smallest absolute Gasteiger partial charge is 0.133 e. The van der Waals surface area contributed by atoms with E-state index in [4.69, 9.17) is 0 Å². The fourth-order valence-corrected chi connectivity index (χ4v) is 1.40. The lowest BCUT2D eigenvalue weighted by atomic mass is 10.1. The minimum atomic E-state index is -0.693. The highest BCUT2D eigenvalue weighted by Gasteiger charge is 2.20. The summed E-state index contributed by atoms with van der Waals surface area (Å²) < 4.78 is 0. The van der Waals surface area contributed by atoms with Gasteiger partial charge in [-0.3, -0.25) is 4.90 Å². The van der Waals surface area contributed by atoms with Crippen molar-refractivity contribution in [1.29, 1.82) is 0 Å². The molecule has 0 saturated heterocycles. The zero-order chi connectivity index (χ0) is 10.3. The van der Waals surface area contributed by atoms with E-state index in [9.17, 15) is 10.2 Å². The zero-order valence-corrected chi connectivity index (χ0v) is 9.03. The average molecular weight is 189 g/mol. The molecule has 0 aromatic carbocycles. The number of aliphatic hydroxyl groups is 2. The topological polar surface area (TPSA) is 43.7 Å². The SMILES string of the molecule is CCCCC(O)C(O)N(CC)CC. The van der Waals surface area contributed by atoms with E-state index in [2.05, 4.69) is 6.92 Å². The molecule has 0 aliphatic heterocycles. The lowest BCUT2D eigenvalue weighted by Gasteiger charge is -2.28. The molecule has 3 nitrogen and oxygen atoms in total. The fraction of sp³-hybridized carbons (Fsp3) is 1.00. The van der Waals surface area contributed by atoms with Gasteiger partial charge in [-0.1, -0.05) is 33.6 Å². The van der Waals surface area contributed by atoms with E-state index in [1.807, 2.05) is 18.7 Å². The number of aliphatic hydroxyl groups excluding tert-OH is 2. The third-order valence-electron chi connectivity index (χ3n) is 2.38. The van der Waals surface area contributed by atoms with Gasteiger partial charge in [0.05, 0.1) is 6.10 Å². The average Bonchev–Trinajstić information content (AvgIpc) is 2.15. The van der Waals surface area contributed by atoms with Gasteiger partial charge in [0.2, 0.25) is 0 Å². The Morgan fingerprint density at radius 2 is 1.62 bits per heavy atom. The molecule has 2 N–H and O–H groups in total. The highest BCUT2D eigenvalue weighted by molar-refractivity contribution is 4.67. The van der Waals surface area contributed by atoms with Crippen molar-refractivity contribution in [3.8, 4) is 0 Å². The molecule has 0 fully saturated rings. The molecule has 0 rings (SSSR count). The van der Waals surface area contributed by atoms with Crippen LogP contribution in [0.4, 0.5) is 0 Å². The Morgan fingerprint density at radius 1 is 1.08 bits per heavy atom. The molecular weight excluding hydrogens is 166 g/mol. The third kappa shape index (κ3) is 4.60. The van der Waals surface area contributed by atoms with Gasteiger partial charge in [-0.05, 0) is 19.5 Å². The van der Waals surface area contributed by atoms with Crippen molar-refractivity contribution in [3.63, 3.8) is 0 Å². The van der Waals surface area contributed by atoms with Gasteiger partial charge in [0.1, 0.15) is 6.23 Å². The molecule has 13 heavy (non-hydrogen) atoms. The van der Waals surface area contributed by atoms with Gasteiger partial charge < -0.3 is 10.2 Å². The van der Waals surface area contributed by atoms with E-state index in [0.717, 1.165) is 25.9 Å². The summed E-state index contributed by atoms with van der Waals surface area (Å²) in [5.41, 5.74) is 0. The van der Waals surface area contributed by atoms with Gasteiger partial charge in [0, 0.05) is 0 Å². The van der Waals surface area contributed by atoms with Gasteiger partial charge in [-0.25, -0.2) is 0 Å². The van der Waals surface area contributed by atoms with Gasteiger partial charge in [-0.15, -0.1) is 0 Å². The molecule has 0 aliphatic carbocycles. The summed E-state index contributed by atoms with van der Waals surface area (Å²) in [7, 11) is 0. The van der Waals surface area contributed by atoms with E-state index in [-0.39, 0.29) is 0 Å². The molecule has 0 amide bonds. The van der Waals surface area contributed by atoms with Crippen molar-refractivity contribution in [2.45, 2.75) is 52.4 Å². The van der Waals surface area contributed by atoms with E-state index in [0.29, 0.717) is 6.42 Å². The Hall–Kier alpha value is -0.120. The van der Waals surface area contributed by atoms with E-state index in [1.165, 1.54) is 0 Å². The largest absolute Gasteiger partial charge is 0.389 e.